The maximum absolute atomic E-state index is 14.0. The number of fused-ring (bicyclic) bond motifs is 1. The Hall–Kier alpha value is -6.10. The van der Waals surface area contributed by atoms with Gasteiger partial charge in [-0.25, -0.2) is 14.5 Å². The number of benzene rings is 3. The lowest BCUT2D eigenvalue weighted by Crippen LogP contribution is -2.36. The second kappa shape index (κ2) is 13.3. The molecule has 0 atom stereocenters. The first-order valence-electron chi connectivity index (χ1n) is 17.1. The molecule has 0 aliphatic heterocycles. The van der Waals surface area contributed by atoms with Gasteiger partial charge in [-0.15, -0.1) is 5.10 Å². The third-order valence-corrected chi connectivity index (χ3v) is 9.09. The van der Waals surface area contributed by atoms with Crippen molar-refractivity contribution in [3.63, 3.8) is 0 Å². The fraction of sp³-hybridized carbons (Fsp3) is 0.250. The van der Waals surface area contributed by atoms with Gasteiger partial charge in [-0.05, 0) is 30.5 Å². The molecule has 0 bridgehead atoms. The maximum Gasteiger partial charge on any atom is 0.297 e. The largest absolute Gasteiger partial charge is 0.354 e. The van der Waals surface area contributed by atoms with Crippen LogP contribution in [-0.4, -0.2) is 50.9 Å². The average Bonchev–Trinajstić information content (AvgIpc) is 3.90. The summed E-state index contributed by atoms with van der Waals surface area (Å²) in [6.45, 7) is 10.4. The van der Waals surface area contributed by atoms with Gasteiger partial charge in [-0.1, -0.05) is 112 Å². The Kier molecular flexibility index (Phi) is 8.72. The van der Waals surface area contributed by atoms with E-state index in [-0.39, 0.29) is 23.2 Å². The third kappa shape index (κ3) is 6.05. The van der Waals surface area contributed by atoms with Crippen LogP contribution >= 0.6 is 0 Å². The molecule has 11 heteroatoms. The minimum absolute atomic E-state index is 0.0285. The summed E-state index contributed by atoms with van der Waals surface area (Å²) in [7, 11) is 0. The molecule has 51 heavy (non-hydrogen) atoms. The van der Waals surface area contributed by atoms with Gasteiger partial charge >= 0.3 is 0 Å². The number of aromatic nitrogens is 8. The van der Waals surface area contributed by atoms with E-state index in [0.29, 0.717) is 35.9 Å². The Morgan fingerprint density at radius 2 is 1.39 bits per heavy atom. The van der Waals surface area contributed by atoms with Crippen LogP contribution in [0.5, 0.6) is 0 Å². The maximum atomic E-state index is 14.0. The van der Waals surface area contributed by atoms with Crippen molar-refractivity contribution in [2.24, 2.45) is 5.41 Å². The van der Waals surface area contributed by atoms with Crippen molar-refractivity contribution in [1.29, 1.82) is 0 Å². The summed E-state index contributed by atoms with van der Waals surface area (Å²) in [6, 6.07) is 31.0. The van der Waals surface area contributed by atoms with Crippen molar-refractivity contribution in [3.8, 4) is 22.8 Å². The van der Waals surface area contributed by atoms with E-state index in [1.807, 2.05) is 108 Å². The van der Waals surface area contributed by atoms with Crippen molar-refractivity contribution in [3.05, 3.63) is 149 Å². The molecule has 3 aromatic carbocycles. The highest BCUT2D eigenvalue weighted by Gasteiger charge is 2.38. The zero-order valence-electron chi connectivity index (χ0n) is 29.4. The van der Waals surface area contributed by atoms with Crippen LogP contribution in [0.1, 0.15) is 57.4 Å². The van der Waals surface area contributed by atoms with E-state index in [1.165, 1.54) is 0 Å². The van der Waals surface area contributed by atoms with Crippen molar-refractivity contribution >= 4 is 11.6 Å². The summed E-state index contributed by atoms with van der Waals surface area (Å²) >= 11 is 0. The number of carbonyl (C=O) groups is 1. The van der Waals surface area contributed by atoms with E-state index in [0.717, 1.165) is 16.7 Å². The normalized spacial score (nSPS) is 12.1. The molecule has 7 rings (SSSR count). The van der Waals surface area contributed by atoms with Gasteiger partial charge in [-0.3, -0.25) is 18.8 Å². The van der Waals surface area contributed by atoms with Crippen LogP contribution in [0.25, 0.3) is 28.4 Å². The Morgan fingerprint density at radius 3 is 1.94 bits per heavy atom. The standard InChI is InChI=1S/C40H41N9O2/c1-28(2)48-35(29-23-44-47(25-29)22-21-41-38(51)39(3,4)5)45-49-34(24-42-36(49)37(48)50)33-26-46(27-43-33)40(30-15-9-6-10-16-30,31-17-11-7-12-18-31)32-19-13-8-14-20-32/h6-20,23-28H,21-22H2,1-5H3,(H,41,51). The first-order valence-corrected chi connectivity index (χ1v) is 17.1. The molecule has 0 spiro atoms. The van der Waals surface area contributed by atoms with Crippen LogP contribution in [-0.2, 0) is 16.9 Å². The highest BCUT2D eigenvalue weighted by Crippen LogP contribution is 2.41. The molecule has 0 aliphatic carbocycles. The van der Waals surface area contributed by atoms with Crippen LogP contribution in [0, 0.1) is 5.41 Å². The van der Waals surface area contributed by atoms with Crippen LogP contribution in [0.3, 0.4) is 0 Å². The van der Waals surface area contributed by atoms with Gasteiger partial charge in [-0.2, -0.15) is 5.10 Å². The number of nitrogens with zero attached hydrogens (tertiary/aromatic N) is 8. The van der Waals surface area contributed by atoms with Crippen molar-refractivity contribution in [1.82, 2.24) is 43.8 Å². The highest BCUT2D eigenvalue weighted by molar-refractivity contribution is 5.81. The van der Waals surface area contributed by atoms with Gasteiger partial charge < -0.3 is 9.88 Å². The minimum Gasteiger partial charge on any atom is -0.354 e. The highest BCUT2D eigenvalue weighted by atomic mass is 16.2. The summed E-state index contributed by atoms with van der Waals surface area (Å²) in [4.78, 5) is 35.8. The molecule has 258 valence electrons. The fourth-order valence-corrected chi connectivity index (χ4v) is 6.56. The number of hydrogen-bond acceptors (Lipinski definition) is 6. The summed E-state index contributed by atoms with van der Waals surface area (Å²) in [6.07, 6.45) is 9.02. The van der Waals surface area contributed by atoms with Gasteiger partial charge in [0.15, 0.2) is 5.82 Å². The summed E-state index contributed by atoms with van der Waals surface area (Å²) in [5, 5.41) is 12.5. The van der Waals surface area contributed by atoms with Gasteiger partial charge in [0, 0.05) is 30.4 Å². The number of imidazole rings is 2. The first-order chi connectivity index (χ1) is 24.6. The SMILES string of the molecule is CC(C)n1c(-c2cnn(CCNC(=O)C(C)(C)C)c2)nn2c(-c3cn(C(c4ccccc4)(c4ccccc4)c4ccccc4)cn3)cnc2c1=O. The number of rotatable bonds is 10. The van der Waals surface area contributed by atoms with Crippen LogP contribution in [0.2, 0.25) is 0 Å². The predicted molar refractivity (Wildman–Crippen MR) is 197 cm³/mol. The molecule has 0 radical (unpaired) electrons. The van der Waals surface area contributed by atoms with E-state index >= 15 is 0 Å². The number of hydrogen-bond donors (Lipinski definition) is 1. The molecule has 0 fully saturated rings. The van der Waals surface area contributed by atoms with E-state index in [1.54, 1.807) is 26.2 Å². The van der Waals surface area contributed by atoms with E-state index in [9.17, 15) is 9.59 Å². The molecule has 1 N–H and O–H groups in total. The molecule has 0 saturated heterocycles. The van der Waals surface area contributed by atoms with Crippen LogP contribution in [0.15, 0.2) is 127 Å². The lowest BCUT2D eigenvalue weighted by atomic mass is 9.77. The molecule has 0 saturated carbocycles. The molecule has 0 unspecified atom stereocenters. The second-order valence-corrected chi connectivity index (χ2v) is 13.9. The molecular formula is C40H41N9O2. The molecule has 1 amide bonds. The van der Waals surface area contributed by atoms with E-state index in [2.05, 4.69) is 56.4 Å². The molecule has 7 aromatic rings. The smallest absolute Gasteiger partial charge is 0.297 e. The number of nitrogens with one attached hydrogen (secondary N) is 1. The summed E-state index contributed by atoms with van der Waals surface area (Å²) < 4.78 is 7.09. The van der Waals surface area contributed by atoms with Gasteiger partial charge in [0.2, 0.25) is 11.6 Å². The summed E-state index contributed by atoms with van der Waals surface area (Å²) in [5.41, 5.74) is 3.78. The lowest BCUT2D eigenvalue weighted by Gasteiger charge is -2.37. The minimum atomic E-state index is -0.751. The zero-order chi connectivity index (χ0) is 35.8. The fourth-order valence-electron chi connectivity index (χ4n) is 6.56. The Morgan fingerprint density at radius 1 is 0.804 bits per heavy atom. The molecule has 0 aliphatic rings. The van der Waals surface area contributed by atoms with Gasteiger partial charge in [0.25, 0.3) is 5.56 Å². The predicted octanol–water partition coefficient (Wildman–Crippen LogP) is 6.20. The second-order valence-electron chi connectivity index (χ2n) is 13.9. The number of amides is 1. The third-order valence-electron chi connectivity index (χ3n) is 9.09. The van der Waals surface area contributed by atoms with Gasteiger partial charge in [0.1, 0.15) is 16.9 Å². The zero-order valence-corrected chi connectivity index (χ0v) is 29.4. The van der Waals surface area contributed by atoms with Crippen LogP contribution in [0.4, 0.5) is 0 Å². The van der Waals surface area contributed by atoms with E-state index < -0.39 is 11.0 Å². The topological polar surface area (TPSA) is 117 Å². The summed E-state index contributed by atoms with van der Waals surface area (Å²) in [5.74, 6) is 0.428. The van der Waals surface area contributed by atoms with Crippen LogP contribution < -0.4 is 10.9 Å². The Labute approximate surface area is 296 Å². The quantitative estimate of drug-likeness (QED) is 0.172. The number of carbonyl (C=O) groups excluding carboxylic acids is 1. The van der Waals surface area contributed by atoms with Crippen molar-refractivity contribution in [2.45, 2.75) is 52.7 Å². The molecule has 11 nitrogen and oxygen atoms in total. The Balaban J connectivity index is 1.33. The van der Waals surface area contributed by atoms with Crippen molar-refractivity contribution < 1.29 is 4.79 Å². The van der Waals surface area contributed by atoms with Crippen molar-refractivity contribution in [2.75, 3.05) is 6.54 Å². The molecule has 4 aromatic heterocycles. The molecular weight excluding hydrogens is 639 g/mol. The first kappa shape index (κ1) is 33.4. The lowest BCUT2D eigenvalue weighted by molar-refractivity contribution is -0.128. The monoisotopic (exact) mass is 679 g/mol. The average molecular weight is 680 g/mol. The van der Waals surface area contributed by atoms with Gasteiger partial charge in [0.05, 0.1) is 30.8 Å². The Bertz CT molecular complexity index is 2250. The van der Waals surface area contributed by atoms with E-state index in [4.69, 9.17) is 10.1 Å². The molecule has 4 heterocycles.